The molecular formula is C12H20N2OS. The van der Waals surface area contributed by atoms with Crippen LogP contribution in [0.5, 0.6) is 0 Å². The van der Waals surface area contributed by atoms with Gasteiger partial charge >= 0.3 is 0 Å². The molecule has 0 bridgehead atoms. The van der Waals surface area contributed by atoms with Gasteiger partial charge in [0.1, 0.15) is 0 Å². The largest absolute Gasteiger partial charge is 0.392 e. The summed E-state index contributed by atoms with van der Waals surface area (Å²) in [6.07, 6.45) is 6.71. The molecule has 2 rings (SSSR count). The maximum absolute atomic E-state index is 9.96. The van der Waals surface area contributed by atoms with E-state index >= 15 is 0 Å². The maximum atomic E-state index is 9.96. The molecule has 0 spiro atoms. The molecule has 1 fully saturated rings. The van der Waals surface area contributed by atoms with Crippen molar-refractivity contribution in [1.82, 2.24) is 10.3 Å². The Balaban J connectivity index is 1.67. The van der Waals surface area contributed by atoms with Crippen molar-refractivity contribution >= 4 is 11.3 Å². The molecule has 0 aromatic carbocycles. The van der Waals surface area contributed by atoms with Crippen molar-refractivity contribution in [3.05, 3.63) is 16.1 Å². The summed E-state index contributed by atoms with van der Waals surface area (Å²) in [4.78, 5) is 5.45. The third-order valence-corrected chi connectivity index (χ3v) is 4.18. The Bertz CT molecular complexity index is 321. The van der Waals surface area contributed by atoms with Gasteiger partial charge in [-0.15, -0.1) is 11.3 Å². The molecule has 90 valence electrons. The van der Waals surface area contributed by atoms with Gasteiger partial charge in [-0.2, -0.15) is 0 Å². The van der Waals surface area contributed by atoms with E-state index in [1.807, 2.05) is 13.1 Å². The summed E-state index contributed by atoms with van der Waals surface area (Å²) >= 11 is 1.72. The van der Waals surface area contributed by atoms with Crippen LogP contribution in [0, 0.1) is 12.8 Å². The average Bonchev–Trinajstić information content (AvgIpc) is 2.89. The Morgan fingerprint density at radius 3 is 2.94 bits per heavy atom. The van der Waals surface area contributed by atoms with Crippen molar-refractivity contribution in [2.24, 2.45) is 5.92 Å². The lowest BCUT2D eigenvalue weighted by molar-refractivity contribution is 0.109. The fourth-order valence-corrected chi connectivity index (χ4v) is 3.10. The Hall–Kier alpha value is -0.450. The molecule has 1 aliphatic carbocycles. The molecule has 0 aliphatic heterocycles. The van der Waals surface area contributed by atoms with E-state index in [2.05, 4.69) is 10.3 Å². The number of nitrogens with zero attached hydrogens (tertiary/aromatic N) is 1. The van der Waals surface area contributed by atoms with E-state index in [1.54, 1.807) is 11.3 Å². The van der Waals surface area contributed by atoms with Crippen LogP contribution in [0.3, 0.4) is 0 Å². The normalized spacial score (nSPS) is 19.1. The molecule has 1 unspecified atom stereocenters. The van der Waals surface area contributed by atoms with E-state index in [9.17, 15) is 5.11 Å². The van der Waals surface area contributed by atoms with Crippen LogP contribution >= 0.6 is 11.3 Å². The monoisotopic (exact) mass is 240 g/mol. The maximum Gasteiger partial charge on any atom is 0.0897 e. The molecular weight excluding hydrogens is 220 g/mol. The predicted molar refractivity (Wildman–Crippen MR) is 66.5 cm³/mol. The number of aryl methyl sites for hydroxylation is 1. The third-order valence-electron chi connectivity index (χ3n) is 3.27. The molecule has 3 nitrogen and oxygen atoms in total. The lowest BCUT2D eigenvalue weighted by atomic mass is 10.0. The average molecular weight is 240 g/mol. The fraction of sp³-hybridized carbons (Fsp3) is 0.750. The summed E-state index contributed by atoms with van der Waals surface area (Å²) < 4.78 is 0. The van der Waals surface area contributed by atoms with Gasteiger partial charge in [0.15, 0.2) is 0 Å². The van der Waals surface area contributed by atoms with Crippen molar-refractivity contribution < 1.29 is 5.11 Å². The van der Waals surface area contributed by atoms with Crippen LogP contribution in [0.2, 0.25) is 0 Å². The summed E-state index contributed by atoms with van der Waals surface area (Å²) in [6, 6.07) is 0. The summed E-state index contributed by atoms with van der Waals surface area (Å²) in [7, 11) is 0. The molecule has 1 saturated carbocycles. The van der Waals surface area contributed by atoms with Gasteiger partial charge in [0.2, 0.25) is 0 Å². The molecule has 0 amide bonds. The SMILES string of the molecule is Cc1ncc(CNCC(O)C2CCCC2)s1. The Morgan fingerprint density at radius 1 is 1.56 bits per heavy atom. The highest BCUT2D eigenvalue weighted by atomic mass is 32.1. The molecule has 1 aromatic heterocycles. The van der Waals surface area contributed by atoms with Crippen molar-refractivity contribution in [1.29, 1.82) is 0 Å². The van der Waals surface area contributed by atoms with E-state index < -0.39 is 0 Å². The molecule has 1 aromatic rings. The molecule has 1 atom stereocenters. The Labute approximate surface area is 101 Å². The van der Waals surface area contributed by atoms with Crippen molar-refractivity contribution in [2.75, 3.05) is 6.54 Å². The van der Waals surface area contributed by atoms with Crippen LogP contribution < -0.4 is 5.32 Å². The van der Waals surface area contributed by atoms with Crippen LogP contribution in [-0.4, -0.2) is 22.7 Å². The Morgan fingerprint density at radius 2 is 2.31 bits per heavy atom. The van der Waals surface area contributed by atoms with Crippen LogP contribution in [0.4, 0.5) is 0 Å². The van der Waals surface area contributed by atoms with E-state index in [0.29, 0.717) is 12.5 Å². The number of aliphatic hydroxyl groups excluding tert-OH is 1. The van der Waals surface area contributed by atoms with Crippen molar-refractivity contribution in [3.63, 3.8) is 0 Å². The van der Waals surface area contributed by atoms with Crippen LogP contribution in [0.25, 0.3) is 0 Å². The van der Waals surface area contributed by atoms with Crippen molar-refractivity contribution in [3.8, 4) is 0 Å². The quantitative estimate of drug-likeness (QED) is 0.828. The van der Waals surface area contributed by atoms with E-state index in [4.69, 9.17) is 0 Å². The number of thiazole rings is 1. The zero-order valence-electron chi connectivity index (χ0n) is 9.78. The van der Waals surface area contributed by atoms with Gasteiger partial charge in [-0.25, -0.2) is 4.98 Å². The van der Waals surface area contributed by atoms with Gasteiger partial charge in [0.25, 0.3) is 0 Å². The minimum absolute atomic E-state index is 0.170. The Kier molecular flexibility index (Phi) is 4.32. The number of aliphatic hydroxyl groups is 1. The zero-order chi connectivity index (χ0) is 11.4. The highest BCUT2D eigenvalue weighted by Crippen LogP contribution is 2.27. The lowest BCUT2D eigenvalue weighted by Crippen LogP contribution is -2.31. The molecule has 1 aliphatic rings. The number of nitrogens with one attached hydrogen (secondary N) is 1. The zero-order valence-corrected chi connectivity index (χ0v) is 10.6. The third kappa shape index (κ3) is 3.27. The molecule has 0 saturated heterocycles. The van der Waals surface area contributed by atoms with Crippen LogP contribution in [-0.2, 0) is 6.54 Å². The molecule has 0 radical (unpaired) electrons. The van der Waals surface area contributed by atoms with Crippen LogP contribution in [0.15, 0.2) is 6.20 Å². The second-order valence-corrected chi connectivity index (χ2v) is 5.91. The highest BCUT2D eigenvalue weighted by molar-refractivity contribution is 7.11. The summed E-state index contributed by atoms with van der Waals surface area (Å²) in [5.74, 6) is 0.524. The molecule has 2 N–H and O–H groups in total. The van der Waals surface area contributed by atoms with Gasteiger partial charge in [-0.05, 0) is 25.7 Å². The van der Waals surface area contributed by atoms with Gasteiger partial charge in [0.05, 0.1) is 11.1 Å². The minimum Gasteiger partial charge on any atom is -0.392 e. The number of rotatable bonds is 5. The first kappa shape index (κ1) is 12.0. The first-order chi connectivity index (χ1) is 7.75. The van der Waals surface area contributed by atoms with E-state index in [-0.39, 0.29) is 6.10 Å². The summed E-state index contributed by atoms with van der Waals surface area (Å²) in [5.41, 5.74) is 0. The number of hydrogen-bond acceptors (Lipinski definition) is 4. The van der Waals surface area contributed by atoms with Gasteiger partial charge in [-0.3, -0.25) is 0 Å². The molecule has 4 heteroatoms. The topological polar surface area (TPSA) is 45.2 Å². The standard InChI is InChI=1S/C12H20N2OS/c1-9-14-7-11(16-9)6-13-8-12(15)10-4-2-3-5-10/h7,10,12-13,15H,2-6,8H2,1H3. The van der Waals surface area contributed by atoms with Gasteiger partial charge in [0, 0.05) is 24.2 Å². The van der Waals surface area contributed by atoms with E-state index in [1.165, 1.54) is 30.6 Å². The summed E-state index contributed by atoms with van der Waals surface area (Å²) in [5, 5.41) is 14.4. The first-order valence-corrected chi connectivity index (χ1v) is 6.87. The second-order valence-electron chi connectivity index (χ2n) is 4.59. The number of aromatic nitrogens is 1. The first-order valence-electron chi connectivity index (χ1n) is 6.06. The second kappa shape index (κ2) is 5.75. The predicted octanol–water partition coefficient (Wildman–Crippen LogP) is 2.09. The molecule has 16 heavy (non-hydrogen) atoms. The van der Waals surface area contributed by atoms with Gasteiger partial charge < -0.3 is 10.4 Å². The van der Waals surface area contributed by atoms with Gasteiger partial charge in [-0.1, -0.05) is 12.8 Å². The minimum atomic E-state index is -0.170. The summed E-state index contributed by atoms with van der Waals surface area (Å²) in [6.45, 7) is 3.55. The van der Waals surface area contributed by atoms with Crippen molar-refractivity contribution in [2.45, 2.75) is 45.3 Å². The highest BCUT2D eigenvalue weighted by Gasteiger charge is 2.22. The lowest BCUT2D eigenvalue weighted by Gasteiger charge is -2.17. The fourth-order valence-electron chi connectivity index (χ4n) is 2.34. The van der Waals surface area contributed by atoms with Crippen LogP contribution in [0.1, 0.15) is 35.6 Å². The molecule has 1 heterocycles. The van der Waals surface area contributed by atoms with E-state index in [0.717, 1.165) is 11.6 Å². The number of hydrogen-bond donors (Lipinski definition) is 2. The smallest absolute Gasteiger partial charge is 0.0897 e.